The molecule has 0 heterocycles. The third kappa shape index (κ3) is 4.52. The lowest BCUT2D eigenvalue weighted by atomic mass is 9.78. The minimum Gasteiger partial charge on any atom is -0.463 e. The molecule has 1 unspecified atom stereocenters. The zero-order valence-corrected chi connectivity index (χ0v) is 11.1. The number of carbonyl (C=O) groups excluding carboxylic acids is 1. The van der Waals surface area contributed by atoms with Gasteiger partial charge in [-0.3, -0.25) is 4.79 Å². The molecule has 96 valence electrons. The van der Waals surface area contributed by atoms with E-state index in [1.54, 1.807) is 6.92 Å². The van der Waals surface area contributed by atoms with Gasteiger partial charge in [-0.25, -0.2) is 0 Å². The van der Waals surface area contributed by atoms with Crippen molar-refractivity contribution in [2.45, 2.75) is 65.9 Å². The molecule has 0 aliphatic rings. The van der Waals surface area contributed by atoms with Gasteiger partial charge >= 0.3 is 5.97 Å². The quantitative estimate of drug-likeness (QED) is 0.652. The standard InChI is InChI=1S/C13H26O3/c1-5-8-9-13(6-2,7-3)12(15)16-10-11(4)14/h11,14H,5-10H2,1-4H3. The number of unbranched alkanes of at least 4 members (excludes halogenated alkanes) is 1. The van der Waals surface area contributed by atoms with Crippen LogP contribution >= 0.6 is 0 Å². The summed E-state index contributed by atoms with van der Waals surface area (Å²) in [6, 6.07) is 0. The molecule has 0 aliphatic heterocycles. The van der Waals surface area contributed by atoms with Crippen LogP contribution in [0.15, 0.2) is 0 Å². The SMILES string of the molecule is CCCCC(CC)(CC)C(=O)OCC(C)O. The van der Waals surface area contributed by atoms with Gasteiger partial charge in [-0.05, 0) is 26.2 Å². The molecule has 0 saturated heterocycles. The fourth-order valence-electron chi connectivity index (χ4n) is 1.86. The van der Waals surface area contributed by atoms with Gasteiger partial charge in [0, 0.05) is 0 Å². The van der Waals surface area contributed by atoms with Crippen LogP contribution in [-0.2, 0) is 9.53 Å². The van der Waals surface area contributed by atoms with Gasteiger partial charge in [0.25, 0.3) is 0 Å². The van der Waals surface area contributed by atoms with Crippen LogP contribution < -0.4 is 0 Å². The Morgan fingerprint density at radius 1 is 1.31 bits per heavy atom. The molecule has 0 aromatic carbocycles. The summed E-state index contributed by atoms with van der Waals surface area (Å²) in [5.41, 5.74) is -0.342. The van der Waals surface area contributed by atoms with Crippen molar-refractivity contribution in [3.8, 4) is 0 Å². The molecule has 3 nitrogen and oxygen atoms in total. The van der Waals surface area contributed by atoms with E-state index >= 15 is 0 Å². The van der Waals surface area contributed by atoms with E-state index in [9.17, 15) is 4.79 Å². The predicted octanol–water partition coefficient (Wildman–Crippen LogP) is 2.91. The summed E-state index contributed by atoms with van der Waals surface area (Å²) >= 11 is 0. The Balaban J connectivity index is 4.42. The van der Waals surface area contributed by atoms with E-state index in [-0.39, 0.29) is 18.0 Å². The molecule has 0 aromatic rings. The number of aliphatic hydroxyl groups excluding tert-OH is 1. The monoisotopic (exact) mass is 230 g/mol. The Morgan fingerprint density at radius 3 is 2.25 bits per heavy atom. The average molecular weight is 230 g/mol. The van der Waals surface area contributed by atoms with E-state index < -0.39 is 6.10 Å². The van der Waals surface area contributed by atoms with Crippen molar-refractivity contribution >= 4 is 5.97 Å². The highest BCUT2D eigenvalue weighted by Gasteiger charge is 2.35. The molecule has 0 amide bonds. The maximum atomic E-state index is 12.0. The summed E-state index contributed by atoms with van der Waals surface area (Å²) in [5.74, 6) is -0.146. The number of ether oxygens (including phenoxy) is 1. The highest BCUT2D eigenvalue weighted by molar-refractivity contribution is 5.76. The van der Waals surface area contributed by atoms with E-state index in [0.717, 1.165) is 32.1 Å². The third-order valence-corrected chi connectivity index (χ3v) is 3.25. The first kappa shape index (κ1) is 15.4. The van der Waals surface area contributed by atoms with Gasteiger partial charge in [-0.2, -0.15) is 0 Å². The van der Waals surface area contributed by atoms with Gasteiger partial charge in [-0.1, -0.05) is 33.6 Å². The van der Waals surface area contributed by atoms with Crippen molar-refractivity contribution < 1.29 is 14.6 Å². The Hall–Kier alpha value is -0.570. The second-order valence-corrected chi connectivity index (χ2v) is 4.54. The summed E-state index contributed by atoms with van der Waals surface area (Å²) in [6.45, 7) is 7.91. The molecule has 1 N–H and O–H groups in total. The van der Waals surface area contributed by atoms with E-state index in [1.165, 1.54) is 0 Å². The molecule has 0 saturated carbocycles. The van der Waals surface area contributed by atoms with Gasteiger partial charge in [0.05, 0.1) is 11.5 Å². The molecule has 16 heavy (non-hydrogen) atoms. The molecule has 0 spiro atoms. The van der Waals surface area contributed by atoms with Gasteiger partial charge < -0.3 is 9.84 Å². The summed E-state index contributed by atoms with van der Waals surface area (Å²) < 4.78 is 5.16. The zero-order chi connectivity index (χ0) is 12.6. The van der Waals surface area contributed by atoms with Gasteiger partial charge in [0.15, 0.2) is 0 Å². The molecule has 0 fully saturated rings. The highest BCUT2D eigenvalue weighted by Crippen LogP contribution is 2.34. The van der Waals surface area contributed by atoms with Crippen molar-refractivity contribution in [2.24, 2.45) is 5.41 Å². The summed E-state index contributed by atoms with van der Waals surface area (Å²) in [4.78, 5) is 12.0. The Morgan fingerprint density at radius 2 is 1.88 bits per heavy atom. The molecule has 0 aliphatic carbocycles. The van der Waals surface area contributed by atoms with Crippen molar-refractivity contribution in [2.75, 3.05) is 6.61 Å². The van der Waals surface area contributed by atoms with Gasteiger partial charge in [0.2, 0.25) is 0 Å². The Bertz CT molecular complexity index is 195. The number of aliphatic hydroxyl groups is 1. The van der Waals surface area contributed by atoms with Crippen LogP contribution in [0.25, 0.3) is 0 Å². The second kappa shape index (κ2) is 7.66. The number of carbonyl (C=O) groups is 1. The van der Waals surface area contributed by atoms with Gasteiger partial charge in [0.1, 0.15) is 6.61 Å². The maximum absolute atomic E-state index is 12.0. The van der Waals surface area contributed by atoms with Crippen LogP contribution in [0.1, 0.15) is 59.8 Å². The Kier molecular flexibility index (Phi) is 7.39. The van der Waals surface area contributed by atoms with Crippen molar-refractivity contribution in [1.29, 1.82) is 0 Å². The molecule has 3 heteroatoms. The van der Waals surface area contributed by atoms with Crippen LogP contribution in [0, 0.1) is 5.41 Å². The molecule has 1 atom stereocenters. The van der Waals surface area contributed by atoms with Gasteiger partial charge in [-0.15, -0.1) is 0 Å². The minimum absolute atomic E-state index is 0.104. The molecule has 0 radical (unpaired) electrons. The number of hydrogen-bond acceptors (Lipinski definition) is 3. The maximum Gasteiger partial charge on any atom is 0.312 e. The molecular weight excluding hydrogens is 204 g/mol. The topological polar surface area (TPSA) is 46.5 Å². The first-order chi connectivity index (χ1) is 7.52. The third-order valence-electron chi connectivity index (χ3n) is 3.25. The summed E-state index contributed by atoms with van der Waals surface area (Å²) in [6.07, 6.45) is 4.05. The first-order valence-electron chi connectivity index (χ1n) is 6.37. The normalized spacial score (nSPS) is 13.6. The second-order valence-electron chi connectivity index (χ2n) is 4.54. The van der Waals surface area contributed by atoms with E-state index in [4.69, 9.17) is 9.84 Å². The van der Waals surface area contributed by atoms with E-state index in [0.29, 0.717) is 0 Å². The molecule has 0 aromatic heterocycles. The van der Waals surface area contributed by atoms with Crippen LogP contribution in [0.3, 0.4) is 0 Å². The van der Waals surface area contributed by atoms with Crippen LogP contribution in [0.5, 0.6) is 0 Å². The fraction of sp³-hybridized carbons (Fsp3) is 0.923. The lowest BCUT2D eigenvalue weighted by Crippen LogP contribution is -2.33. The fourth-order valence-corrected chi connectivity index (χ4v) is 1.86. The van der Waals surface area contributed by atoms with E-state index in [1.807, 2.05) is 13.8 Å². The molecular formula is C13H26O3. The summed E-state index contributed by atoms with van der Waals surface area (Å²) in [7, 11) is 0. The number of rotatable bonds is 8. The lowest BCUT2D eigenvalue weighted by Gasteiger charge is -2.29. The average Bonchev–Trinajstić information content (AvgIpc) is 2.28. The lowest BCUT2D eigenvalue weighted by molar-refractivity contribution is -0.159. The molecule has 0 bridgehead atoms. The van der Waals surface area contributed by atoms with Crippen molar-refractivity contribution in [3.63, 3.8) is 0 Å². The predicted molar refractivity (Wildman–Crippen MR) is 65.2 cm³/mol. The zero-order valence-electron chi connectivity index (χ0n) is 11.1. The van der Waals surface area contributed by atoms with Crippen LogP contribution in [-0.4, -0.2) is 23.8 Å². The smallest absolute Gasteiger partial charge is 0.312 e. The van der Waals surface area contributed by atoms with E-state index in [2.05, 4.69) is 6.92 Å². The Labute approximate surface area is 99.2 Å². The van der Waals surface area contributed by atoms with Crippen LogP contribution in [0.4, 0.5) is 0 Å². The van der Waals surface area contributed by atoms with Crippen molar-refractivity contribution in [1.82, 2.24) is 0 Å². The number of hydrogen-bond donors (Lipinski definition) is 1. The van der Waals surface area contributed by atoms with Crippen LogP contribution in [0.2, 0.25) is 0 Å². The molecule has 0 rings (SSSR count). The minimum atomic E-state index is -0.582. The summed E-state index contributed by atoms with van der Waals surface area (Å²) in [5, 5.41) is 9.11. The number of esters is 1. The highest BCUT2D eigenvalue weighted by atomic mass is 16.5. The first-order valence-corrected chi connectivity index (χ1v) is 6.37. The largest absolute Gasteiger partial charge is 0.463 e. The van der Waals surface area contributed by atoms with Crippen molar-refractivity contribution in [3.05, 3.63) is 0 Å².